The fourth-order valence-electron chi connectivity index (χ4n) is 3.00. The van der Waals surface area contributed by atoms with Gasteiger partial charge in [-0.15, -0.1) is 0 Å². The normalized spacial score (nSPS) is 16.9. The van der Waals surface area contributed by atoms with Gasteiger partial charge in [-0.25, -0.2) is 34.6 Å². The lowest BCUT2D eigenvalue weighted by Crippen LogP contribution is -2.37. The van der Waals surface area contributed by atoms with Gasteiger partial charge in [0.2, 0.25) is 25.9 Å². The van der Waals surface area contributed by atoms with Crippen LogP contribution in [0.2, 0.25) is 0 Å². The maximum Gasteiger partial charge on any atom is 0.240 e. The molecule has 160 valence electrons. The number of hydrogen-bond acceptors (Lipinski definition) is 7. The number of nitrogens with one attached hydrogen (secondary N) is 1. The first kappa shape index (κ1) is 21.7. The third-order valence-corrected chi connectivity index (χ3v) is 7.37. The van der Waals surface area contributed by atoms with Gasteiger partial charge >= 0.3 is 0 Å². The van der Waals surface area contributed by atoms with Crippen molar-refractivity contribution < 1.29 is 30.1 Å². The molecular formula is C16H20F2N4O5S2. The summed E-state index contributed by atoms with van der Waals surface area (Å²) in [6.45, 7) is 0.679. The van der Waals surface area contributed by atoms with Crippen LogP contribution in [-0.2, 0) is 26.5 Å². The van der Waals surface area contributed by atoms with Gasteiger partial charge in [-0.05, 0) is 31.0 Å². The quantitative estimate of drug-likeness (QED) is 0.668. The Morgan fingerprint density at radius 1 is 1.17 bits per heavy atom. The van der Waals surface area contributed by atoms with Gasteiger partial charge in [0.15, 0.2) is 17.5 Å². The number of benzene rings is 1. The van der Waals surface area contributed by atoms with Crippen LogP contribution in [0.4, 0.5) is 8.78 Å². The third kappa shape index (κ3) is 5.35. The molecule has 0 bridgehead atoms. The van der Waals surface area contributed by atoms with Gasteiger partial charge in [-0.3, -0.25) is 0 Å². The van der Waals surface area contributed by atoms with Crippen molar-refractivity contribution >= 4 is 20.0 Å². The topological polar surface area (TPSA) is 122 Å². The summed E-state index contributed by atoms with van der Waals surface area (Å²) in [6, 6.07) is 2.31. The standard InChI is InChI=1S/C16H20F2N4O5S2/c1-28(23,24)22-8-5-11(6-9-22)16-20-15(27-21-16)4-7-19-29(25,26)12-2-3-13(17)14(18)10-12/h2-3,10-11,19H,4-9H2,1H3. The molecule has 1 aromatic carbocycles. The Bertz CT molecular complexity index is 1080. The highest BCUT2D eigenvalue weighted by Gasteiger charge is 2.28. The second-order valence-electron chi connectivity index (χ2n) is 6.71. The van der Waals surface area contributed by atoms with Crippen LogP contribution in [0, 0.1) is 11.6 Å². The van der Waals surface area contributed by atoms with E-state index in [2.05, 4.69) is 14.9 Å². The molecule has 1 saturated heterocycles. The number of piperidine rings is 1. The number of halogens is 2. The minimum atomic E-state index is -4.01. The average molecular weight is 450 g/mol. The minimum absolute atomic E-state index is 0.0376. The summed E-state index contributed by atoms with van der Waals surface area (Å²) in [6.07, 6.45) is 2.41. The molecule has 13 heteroatoms. The van der Waals surface area contributed by atoms with Gasteiger partial charge in [0.1, 0.15) is 0 Å². The maximum atomic E-state index is 13.2. The van der Waals surface area contributed by atoms with Crippen LogP contribution >= 0.6 is 0 Å². The molecule has 1 N–H and O–H groups in total. The molecule has 1 fully saturated rings. The highest BCUT2D eigenvalue weighted by molar-refractivity contribution is 7.89. The monoisotopic (exact) mass is 450 g/mol. The van der Waals surface area contributed by atoms with Crippen LogP contribution in [0.15, 0.2) is 27.6 Å². The molecule has 3 rings (SSSR count). The molecule has 0 amide bonds. The Kier molecular flexibility index (Phi) is 6.31. The number of aromatic nitrogens is 2. The zero-order chi connectivity index (χ0) is 21.2. The van der Waals surface area contributed by atoms with E-state index in [0.717, 1.165) is 12.1 Å². The van der Waals surface area contributed by atoms with E-state index in [1.165, 1.54) is 10.6 Å². The molecule has 0 saturated carbocycles. The van der Waals surface area contributed by atoms with Crippen LogP contribution < -0.4 is 4.72 Å². The predicted octanol–water partition coefficient (Wildman–Crippen LogP) is 1.01. The minimum Gasteiger partial charge on any atom is -0.339 e. The van der Waals surface area contributed by atoms with Crippen LogP contribution in [0.5, 0.6) is 0 Å². The largest absolute Gasteiger partial charge is 0.339 e. The van der Waals surface area contributed by atoms with E-state index in [-0.39, 0.29) is 29.7 Å². The van der Waals surface area contributed by atoms with E-state index < -0.39 is 31.7 Å². The fraction of sp³-hybridized carbons (Fsp3) is 0.500. The number of nitrogens with zero attached hydrogens (tertiary/aromatic N) is 3. The molecule has 0 radical (unpaired) electrons. The summed E-state index contributed by atoms with van der Waals surface area (Å²) in [5, 5.41) is 3.90. The van der Waals surface area contributed by atoms with Crippen LogP contribution in [-0.4, -0.2) is 57.2 Å². The van der Waals surface area contributed by atoms with Gasteiger partial charge in [0.05, 0.1) is 11.2 Å². The molecule has 0 aliphatic carbocycles. The molecule has 29 heavy (non-hydrogen) atoms. The van der Waals surface area contributed by atoms with Crippen molar-refractivity contribution in [2.45, 2.75) is 30.1 Å². The molecule has 0 unspecified atom stereocenters. The Hall–Kier alpha value is -1.96. The molecular weight excluding hydrogens is 430 g/mol. The molecule has 2 aromatic rings. The van der Waals surface area contributed by atoms with Crippen LogP contribution in [0.1, 0.15) is 30.5 Å². The van der Waals surface area contributed by atoms with E-state index >= 15 is 0 Å². The van der Waals surface area contributed by atoms with E-state index in [9.17, 15) is 25.6 Å². The molecule has 9 nitrogen and oxygen atoms in total. The van der Waals surface area contributed by atoms with E-state index in [4.69, 9.17) is 4.52 Å². The zero-order valence-electron chi connectivity index (χ0n) is 15.5. The zero-order valence-corrected chi connectivity index (χ0v) is 17.1. The first-order valence-electron chi connectivity index (χ1n) is 8.78. The summed E-state index contributed by atoms with van der Waals surface area (Å²) in [7, 11) is -7.23. The second-order valence-corrected chi connectivity index (χ2v) is 10.5. The lowest BCUT2D eigenvalue weighted by Gasteiger charge is -2.28. The van der Waals surface area contributed by atoms with Crippen LogP contribution in [0.25, 0.3) is 0 Å². The van der Waals surface area contributed by atoms with E-state index in [1.807, 2.05) is 0 Å². The van der Waals surface area contributed by atoms with Gasteiger partial charge in [-0.1, -0.05) is 5.16 Å². The van der Waals surface area contributed by atoms with Gasteiger partial charge in [0, 0.05) is 32.0 Å². The number of hydrogen-bond donors (Lipinski definition) is 1. The first-order valence-corrected chi connectivity index (χ1v) is 12.1. The third-order valence-electron chi connectivity index (χ3n) is 4.60. The Balaban J connectivity index is 1.54. The number of rotatable bonds is 7. The van der Waals surface area contributed by atoms with Gasteiger partial charge < -0.3 is 4.52 Å². The first-order chi connectivity index (χ1) is 13.6. The number of sulfonamides is 2. The molecule has 0 spiro atoms. The summed E-state index contributed by atoms with van der Waals surface area (Å²) < 4.78 is 82.3. The molecule has 0 atom stereocenters. The molecule has 2 heterocycles. The summed E-state index contributed by atoms with van der Waals surface area (Å²) >= 11 is 0. The Morgan fingerprint density at radius 3 is 2.48 bits per heavy atom. The van der Waals surface area contributed by atoms with Crippen molar-refractivity contribution in [1.82, 2.24) is 19.2 Å². The van der Waals surface area contributed by atoms with E-state index in [0.29, 0.717) is 37.8 Å². The van der Waals surface area contributed by atoms with Crippen LogP contribution in [0.3, 0.4) is 0 Å². The second kappa shape index (κ2) is 8.42. The van der Waals surface area contributed by atoms with Crippen molar-refractivity contribution in [2.75, 3.05) is 25.9 Å². The molecule has 1 aromatic heterocycles. The highest BCUT2D eigenvalue weighted by atomic mass is 32.2. The SMILES string of the molecule is CS(=O)(=O)N1CCC(c2noc(CCNS(=O)(=O)c3ccc(F)c(F)c3)n2)CC1. The molecule has 1 aliphatic rings. The molecule has 1 aliphatic heterocycles. The van der Waals surface area contributed by atoms with Crippen molar-refractivity contribution in [2.24, 2.45) is 0 Å². The Labute approximate surface area is 167 Å². The summed E-state index contributed by atoms with van der Waals surface area (Å²) in [4.78, 5) is 3.86. The fourth-order valence-corrected chi connectivity index (χ4v) is 4.92. The lowest BCUT2D eigenvalue weighted by atomic mass is 9.97. The van der Waals surface area contributed by atoms with Gasteiger partial charge in [-0.2, -0.15) is 4.98 Å². The van der Waals surface area contributed by atoms with Crippen molar-refractivity contribution in [3.63, 3.8) is 0 Å². The summed E-state index contributed by atoms with van der Waals surface area (Å²) in [5.74, 6) is -1.75. The summed E-state index contributed by atoms with van der Waals surface area (Å²) in [5.41, 5.74) is 0. The smallest absolute Gasteiger partial charge is 0.240 e. The highest BCUT2D eigenvalue weighted by Crippen LogP contribution is 2.27. The average Bonchev–Trinajstić information content (AvgIpc) is 3.12. The van der Waals surface area contributed by atoms with Crippen molar-refractivity contribution in [3.05, 3.63) is 41.5 Å². The van der Waals surface area contributed by atoms with Crippen molar-refractivity contribution in [3.8, 4) is 0 Å². The predicted molar refractivity (Wildman–Crippen MR) is 97.9 cm³/mol. The van der Waals surface area contributed by atoms with Gasteiger partial charge in [0.25, 0.3) is 0 Å². The van der Waals surface area contributed by atoms with E-state index in [1.54, 1.807) is 0 Å². The maximum absolute atomic E-state index is 13.2. The van der Waals surface area contributed by atoms with Crippen molar-refractivity contribution in [1.29, 1.82) is 0 Å². The lowest BCUT2D eigenvalue weighted by molar-refractivity contribution is 0.306. The Morgan fingerprint density at radius 2 is 1.86 bits per heavy atom.